The summed E-state index contributed by atoms with van der Waals surface area (Å²) in [5, 5.41) is 3.66. The van der Waals surface area contributed by atoms with Crippen molar-refractivity contribution in [2.24, 2.45) is 17.8 Å². The molecule has 0 saturated carbocycles. The van der Waals surface area contributed by atoms with E-state index in [1.165, 1.54) is 4.31 Å². The predicted molar refractivity (Wildman–Crippen MR) is 110 cm³/mol. The number of sulfonamides is 1. The van der Waals surface area contributed by atoms with Crippen LogP contribution in [-0.2, 0) is 20.6 Å². The Morgan fingerprint density at radius 1 is 1.26 bits per heavy atom. The minimum absolute atomic E-state index is 0.0370. The number of rotatable bonds is 7. The summed E-state index contributed by atoms with van der Waals surface area (Å²) in [5.74, 6) is 0.237. The fourth-order valence-corrected chi connectivity index (χ4v) is 5.53. The number of halogens is 1. The van der Waals surface area contributed by atoms with Gasteiger partial charge in [0.2, 0.25) is 15.9 Å². The van der Waals surface area contributed by atoms with Crippen LogP contribution in [0.3, 0.4) is 0 Å². The van der Waals surface area contributed by atoms with Crippen molar-refractivity contribution in [2.45, 2.75) is 52.3 Å². The molecule has 0 bridgehead atoms. The van der Waals surface area contributed by atoms with Gasteiger partial charge < -0.3 is 5.32 Å². The van der Waals surface area contributed by atoms with Gasteiger partial charge >= 0.3 is 0 Å². The molecule has 0 aromatic heterocycles. The molecule has 2 rings (SSSR count). The number of piperidine rings is 1. The van der Waals surface area contributed by atoms with Crippen LogP contribution in [-0.4, -0.2) is 37.8 Å². The summed E-state index contributed by atoms with van der Waals surface area (Å²) in [7, 11) is -3.49. The number of carbonyl (C=O) groups excluding carboxylic acids is 1. The summed E-state index contributed by atoms with van der Waals surface area (Å²) in [6, 6.07) is 6.99. The van der Waals surface area contributed by atoms with E-state index >= 15 is 0 Å². The van der Waals surface area contributed by atoms with Crippen LogP contribution < -0.4 is 5.32 Å². The van der Waals surface area contributed by atoms with Crippen LogP contribution in [0.1, 0.15) is 46.1 Å². The smallest absolute Gasteiger partial charge is 0.224 e. The van der Waals surface area contributed by atoms with Crippen molar-refractivity contribution in [1.82, 2.24) is 9.62 Å². The van der Waals surface area contributed by atoms with Gasteiger partial charge in [-0.15, -0.1) is 0 Å². The van der Waals surface area contributed by atoms with E-state index in [2.05, 4.69) is 33.0 Å². The molecule has 0 aliphatic carbocycles. The van der Waals surface area contributed by atoms with Crippen molar-refractivity contribution in [1.29, 1.82) is 0 Å². The molecular formula is C20H31ClN2O3S. The third-order valence-electron chi connectivity index (χ3n) is 5.13. The fraction of sp³-hybridized carbons (Fsp3) is 0.650. The molecule has 1 aliphatic rings. The molecule has 1 fully saturated rings. The minimum atomic E-state index is -3.49. The van der Waals surface area contributed by atoms with Gasteiger partial charge in [0.25, 0.3) is 0 Å². The van der Waals surface area contributed by atoms with E-state index < -0.39 is 10.0 Å². The van der Waals surface area contributed by atoms with Crippen molar-refractivity contribution >= 4 is 27.5 Å². The molecule has 1 aliphatic heterocycles. The van der Waals surface area contributed by atoms with Gasteiger partial charge in [-0.05, 0) is 42.4 Å². The normalized spacial score (nSPS) is 19.0. The van der Waals surface area contributed by atoms with Crippen molar-refractivity contribution in [3.63, 3.8) is 0 Å². The fourth-order valence-electron chi connectivity index (χ4n) is 3.72. The molecule has 0 spiro atoms. The topological polar surface area (TPSA) is 66.5 Å². The van der Waals surface area contributed by atoms with Gasteiger partial charge in [0.05, 0.1) is 11.7 Å². The Kier molecular flexibility index (Phi) is 7.72. The molecule has 7 heteroatoms. The molecular weight excluding hydrogens is 384 g/mol. The summed E-state index contributed by atoms with van der Waals surface area (Å²) in [6.07, 6.45) is 1.42. The third kappa shape index (κ3) is 6.19. The molecule has 1 saturated heterocycles. The molecule has 27 heavy (non-hydrogen) atoms. The number of hydrogen-bond donors (Lipinski definition) is 1. The third-order valence-corrected chi connectivity index (χ3v) is 7.18. The van der Waals surface area contributed by atoms with Gasteiger partial charge in [0.1, 0.15) is 0 Å². The Balaban J connectivity index is 2.04. The van der Waals surface area contributed by atoms with Crippen LogP contribution in [0, 0.1) is 17.8 Å². The molecule has 0 unspecified atom stereocenters. The molecule has 1 aromatic rings. The second-order valence-electron chi connectivity index (χ2n) is 8.11. The van der Waals surface area contributed by atoms with Crippen LogP contribution in [0.5, 0.6) is 0 Å². The summed E-state index contributed by atoms with van der Waals surface area (Å²) < 4.78 is 27.1. The largest absolute Gasteiger partial charge is 0.353 e. The Labute approximate surface area is 168 Å². The van der Waals surface area contributed by atoms with Crippen molar-refractivity contribution in [3.8, 4) is 0 Å². The zero-order chi connectivity index (χ0) is 20.2. The Bertz CT molecular complexity index is 741. The monoisotopic (exact) mass is 414 g/mol. The van der Waals surface area contributed by atoms with E-state index in [0.717, 1.165) is 6.42 Å². The second-order valence-corrected chi connectivity index (χ2v) is 10.5. The lowest BCUT2D eigenvalue weighted by molar-refractivity contribution is -0.127. The van der Waals surface area contributed by atoms with E-state index in [1.807, 2.05) is 0 Å². The van der Waals surface area contributed by atoms with Crippen molar-refractivity contribution in [3.05, 3.63) is 34.9 Å². The van der Waals surface area contributed by atoms with Gasteiger partial charge in [0.15, 0.2) is 0 Å². The number of nitrogens with one attached hydrogen (secondary N) is 1. The van der Waals surface area contributed by atoms with Gasteiger partial charge in [-0.2, -0.15) is 0 Å². The lowest BCUT2D eigenvalue weighted by Gasteiger charge is -2.33. The summed E-state index contributed by atoms with van der Waals surface area (Å²) >= 11 is 5.96. The molecule has 1 N–H and O–H groups in total. The average molecular weight is 415 g/mol. The summed E-state index contributed by atoms with van der Waals surface area (Å²) in [5.41, 5.74) is 0.661. The molecule has 1 aromatic carbocycles. The highest BCUT2D eigenvalue weighted by molar-refractivity contribution is 7.88. The van der Waals surface area contributed by atoms with Crippen molar-refractivity contribution < 1.29 is 13.2 Å². The van der Waals surface area contributed by atoms with Crippen LogP contribution in [0.15, 0.2) is 24.3 Å². The molecule has 1 atom stereocenters. The highest BCUT2D eigenvalue weighted by atomic mass is 35.5. The minimum Gasteiger partial charge on any atom is -0.353 e. The molecule has 1 heterocycles. The Morgan fingerprint density at radius 2 is 1.93 bits per heavy atom. The summed E-state index contributed by atoms with van der Waals surface area (Å²) in [6.45, 7) is 9.07. The highest BCUT2D eigenvalue weighted by Crippen LogP contribution is 2.23. The first kappa shape index (κ1) is 22.2. The Hall–Kier alpha value is -1.11. The van der Waals surface area contributed by atoms with Gasteiger partial charge in [0, 0.05) is 24.2 Å². The number of hydrogen-bond acceptors (Lipinski definition) is 3. The molecule has 152 valence electrons. The molecule has 0 radical (unpaired) electrons. The first-order chi connectivity index (χ1) is 12.6. The first-order valence-corrected chi connectivity index (χ1v) is 11.6. The lowest BCUT2D eigenvalue weighted by atomic mass is 9.91. The second kappa shape index (κ2) is 9.39. The number of benzene rings is 1. The highest BCUT2D eigenvalue weighted by Gasteiger charge is 2.33. The number of amides is 1. The predicted octanol–water partition coefficient (Wildman–Crippen LogP) is 3.68. The maximum absolute atomic E-state index is 12.8. The van der Waals surface area contributed by atoms with Crippen LogP contribution in [0.2, 0.25) is 5.02 Å². The number of carbonyl (C=O) groups is 1. The SMILES string of the molecule is CC(C)C(NC(=O)[C@@H]1CCCN(S(=O)(=O)Cc2cccc(Cl)c2)C1)C(C)C. The van der Waals surface area contributed by atoms with E-state index in [4.69, 9.17) is 11.6 Å². The quantitative estimate of drug-likeness (QED) is 0.740. The zero-order valence-electron chi connectivity index (χ0n) is 16.6. The maximum Gasteiger partial charge on any atom is 0.224 e. The summed E-state index contributed by atoms with van der Waals surface area (Å²) in [4.78, 5) is 12.7. The van der Waals surface area contributed by atoms with Crippen LogP contribution in [0.4, 0.5) is 0 Å². The lowest BCUT2D eigenvalue weighted by Crippen LogP contribution is -2.50. The molecule has 1 amide bonds. The zero-order valence-corrected chi connectivity index (χ0v) is 18.2. The van der Waals surface area contributed by atoms with Crippen molar-refractivity contribution in [2.75, 3.05) is 13.1 Å². The van der Waals surface area contributed by atoms with Gasteiger partial charge in [-0.25, -0.2) is 12.7 Å². The first-order valence-electron chi connectivity index (χ1n) is 9.62. The van der Waals surface area contributed by atoms with Crippen LogP contribution in [0.25, 0.3) is 0 Å². The van der Waals surface area contributed by atoms with E-state index in [9.17, 15) is 13.2 Å². The van der Waals surface area contributed by atoms with E-state index in [1.54, 1.807) is 24.3 Å². The average Bonchev–Trinajstić information content (AvgIpc) is 2.58. The van der Waals surface area contributed by atoms with E-state index in [0.29, 0.717) is 35.4 Å². The van der Waals surface area contributed by atoms with Gasteiger partial charge in [-0.3, -0.25) is 4.79 Å². The maximum atomic E-state index is 12.8. The van der Waals surface area contributed by atoms with E-state index in [-0.39, 0.29) is 30.2 Å². The van der Waals surface area contributed by atoms with Crippen LogP contribution >= 0.6 is 11.6 Å². The molecule has 5 nitrogen and oxygen atoms in total. The van der Waals surface area contributed by atoms with Gasteiger partial charge in [-0.1, -0.05) is 51.4 Å². The number of nitrogens with zero attached hydrogens (tertiary/aromatic N) is 1. The Morgan fingerprint density at radius 3 is 2.52 bits per heavy atom. The standard InChI is InChI=1S/C20H31ClN2O3S/c1-14(2)19(15(3)4)22-20(24)17-8-6-10-23(12-17)27(25,26)13-16-7-5-9-18(21)11-16/h5,7,9,11,14-15,17,19H,6,8,10,12-13H2,1-4H3,(H,22,24)/t17-/m1/s1.